The molecule has 4 heteroatoms. The Morgan fingerprint density at radius 2 is 1.77 bits per heavy atom. The Morgan fingerprint density at radius 1 is 0.955 bits per heavy atom. The number of fused-ring (bicyclic) bond motifs is 1. The van der Waals surface area contributed by atoms with Crippen LogP contribution >= 0.6 is 0 Å². The van der Waals surface area contributed by atoms with Crippen molar-refractivity contribution in [2.75, 3.05) is 6.54 Å². The highest BCUT2D eigenvalue weighted by Crippen LogP contribution is 2.15. The van der Waals surface area contributed by atoms with Crippen molar-refractivity contribution in [3.05, 3.63) is 82.1 Å². The molecule has 0 atom stereocenters. The number of hydrogen-bond acceptors (Lipinski definition) is 2. The number of rotatable bonds is 4. The first-order valence-electron chi connectivity index (χ1n) is 7.18. The lowest BCUT2D eigenvalue weighted by atomic mass is 10.1. The van der Waals surface area contributed by atoms with Crippen molar-refractivity contribution in [1.29, 1.82) is 0 Å². The summed E-state index contributed by atoms with van der Waals surface area (Å²) in [7, 11) is 0. The van der Waals surface area contributed by atoms with Gasteiger partial charge in [0.1, 0.15) is 0 Å². The van der Waals surface area contributed by atoms with Crippen molar-refractivity contribution in [1.82, 2.24) is 10.3 Å². The molecular weight excluding hydrogens is 276 g/mol. The van der Waals surface area contributed by atoms with Gasteiger partial charge in [-0.3, -0.25) is 9.59 Å². The topological polar surface area (TPSA) is 62.0 Å². The molecule has 110 valence electrons. The van der Waals surface area contributed by atoms with Crippen LogP contribution in [0.25, 0.3) is 10.9 Å². The minimum atomic E-state index is -0.109. The zero-order valence-electron chi connectivity index (χ0n) is 12.0. The Morgan fingerprint density at radius 3 is 2.59 bits per heavy atom. The van der Waals surface area contributed by atoms with Gasteiger partial charge in [-0.05, 0) is 36.2 Å². The number of carbonyl (C=O) groups is 1. The van der Waals surface area contributed by atoms with Gasteiger partial charge in [0.2, 0.25) is 5.56 Å². The average Bonchev–Trinajstić information content (AvgIpc) is 2.55. The zero-order chi connectivity index (χ0) is 15.4. The Hall–Kier alpha value is -2.88. The SMILES string of the molecule is O=C(NCCc1cccc2[nH]c(=O)ccc12)c1ccccc1. The summed E-state index contributed by atoms with van der Waals surface area (Å²) in [5, 5.41) is 3.92. The molecule has 0 aliphatic carbocycles. The summed E-state index contributed by atoms with van der Waals surface area (Å²) in [6.07, 6.45) is 0.710. The molecule has 0 aliphatic rings. The summed E-state index contributed by atoms with van der Waals surface area (Å²) in [5.41, 5.74) is 2.47. The predicted octanol–water partition coefficient (Wildman–Crippen LogP) is 2.50. The second-order valence-electron chi connectivity index (χ2n) is 5.07. The normalized spacial score (nSPS) is 10.5. The number of benzene rings is 2. The highest BCUT2D eigenvalue weighted by Gasteiger charge is 2.05. The number of H-pyrrole nitrogens is 1. The van der Waals surface area contributed by atoms with E-state index in [9.17, 15) is 9.59 Å². The van der Waals surface area contributed by atoms with E-state index < -0.39 is 0 Å². The van der Waals surface area contributed by atoms with Crippen molar-refractivity contribution in [2.24, 2.45) is 0 Å². The Balaban J connectivity index is 1.70. The van der Waals surface area contributed by atoms with Gasteiger partial charge < -0.3 is 10.3 Å². The van der Waals surface area contributed by atoms with Gasteiger partial charge in [-0.25, -0.2) is 0 Å². The molecule has 0 saturated carbocycles. The number of aromatic nitrogens is 1. The lowest BCUT2D eigenvalue weighted by Gasteiger charge is -2.08. The van der Waals surface area contributed by atoms with Gasteiger partial charge in [0, 0.05) is 29.1 Å². The fourth-order valence-electron chi connectivity index (χ4n) is 2.47. The molecule has 2 aromatic carbocycles. The van der Waals surface area contributed by atoms with Crippen molar-refractivity contribution < 1.29 is 4.79 Å². The van der Waals surface area contributed by atoms with Crippen LogP contribution in [-0.4, -0.2) is 17.4 Å². The average molecular weight is 292 g/mol. The predicted molar refractivity (Wildman–Crippen MR) is 87.0 cm³/mol. The second-order valence-corrected chi connectivity index (χ2v) is 5.07. The maximum Gasteiger partial charge on any atom is 0.251 e. The number of nitrogens with one attached hydrogen (secondary N) is 2. The number of aromatic amines is 1. The van der Waals surface area contributed by atoms with Crippen molar-refractivity contribution >= 4 is 16.8 Å². The van der Waals surface area contributed by atoms with Gasteiger partial charge in [0.05, 0.1) is 0 Å². The van der Waals surface area contributed by atoms with Crippen LogP contribution in [0.3, 0.4) is 0 Å². The fourth-order valence-corrected chi connectivity index (χ4v) is 2.47. The largest absolute Gasteiger partial charge is 0.352 e. The zero-order valence-corrected chi connectivity index (χ0v) is 12.0. The standard InChI is InChI=1S/C18H16N2O2/c21-17-10-9-15-13(7-4-8-16(15)20-17)11-12-19-18(22)14-5-2-1-3-6-14/h1-10H,11-12H2,(H,19,22)(H,20,21). The third kappa shape index (κ3) is 3.06. The molecule has 2 N–H and O–H groups in total. The number of amides is 1. The first-order valence-corrected chi connectivity index (χ1v) is 7.18. The molecule has 1 heterocycles. The molecule has 0 bridgehead atoms. The molecule has 0 radical (unpaired) electrons. The van der Waals surface area contributed by atoms with Gasteiger partial charge in [-0.15, -0.1) is 0 Å². The lowest BCUT2D eigenvalue weighted by molar-refractivity contribution is 0.0954. The molecular formula is C18H16N2O2. The van der Waals surface area contributed by atoms with Crippen molar-refractivity contribution in [3.8, 4) is 0 Å². The quantitative estimate of drug-likeness (QED) is 0.776. The van der Waals surface area contributed by atoms with Crippen LogP contribution < -0.4 is 10.9 Å². The van der Waals surface area contributed by atoms with E-state index in [4.69, 9.17) is 0 Å². The molecule has 1 aromatic heterocycles. The van der Waals surface area contributed by atoms with Crippen LogP contribution in [0.5, 0.6) is 0 Å². The van der Waals surface area contributed by atoms with Crippen LogP contribution in [0.15, 0.2) is 65.5 Å². The molecule has 1 amide bonds. The lowest BCUT2D eigenvalue weighted by Crippen LogP contribution is -2.25. The number of carbonyl (C=O) groups excluding carboxylic acids is 1. The van der Waals surface area contributed by atoms with Gasteiger partial charge >= 0.3 is 0 Å². The van der Waals surface area contributed by atoms with E-state index in [0.29, 0.717) is 18.5 Å². The summed E-state index contributed by atoms with van der Waals surface area (Å²) in [6, 6.07) is 18.3. The summed E-state index contributed by atoms with van der Waals surface area (Å²) in [6.45, 7) is 0.548. The Labute approximate surface area is 127 Å². The highest BCUT2D eigenvalue weighted by atomic mass is 16.1. The summed E-state index contributed by atoms with van der Waals surface area (Å²) >= 11 is 0. The van der Waals surface area contributed by atoms with Gasteiger partial charge in [-0.1, -0.05) is 30.3 Å². The van der Waals surface area contributed by atoms with E-state index in [1.54, 1.807) is 12.1 Å². The maximum atomic E-state index is 12.0. The molecule has 0 unspecified atom stereocenters. The van der Waals surface area contributed by atoms with Crippen LogP contribution in [0, 0.1) is 0 Å². The summed E-state index contributed by atoms with van der Waals surface area (Å²) in [5.74, 6) is -0.0748. The summed E-state index contributed by atoms with van der Waals surface area (Å²) in [4.78, 5) is 26.1. The molecule has 0 aliphatic heterocycles. The monoisotopic (exact) mass is 292 g/mol. The minimum Gasteiger partial charge on any atom is -0.352 e. The van der Waals surface area contributed by atoms with E-state index in [0.717, 1.165) is 16.5 Å². The van der Waals surface area contributed by atoms with E-state index in [1.165, 1.54) is 6.07 Å². The Bertz CT molecular complexity index is 854. The minimum absolute atomic E-state index is 0.0748. The van der Waals surface area contributed by atoms with E-state index in [1.807, 2.05) is 42.5 Å². The third-order valence-corrected chi connectivity index (χ3v) is 3.57. The molecule has 3 aromatic rings. The third-order valence-electron chi connectivity index (χ3n) is 3.57. The van der Waals surface area contributed by atoms with E-state index >= 15 is 0 Å². The molecule has 4 nitrogen and oxygen atoms in total. The van der Waals surface area contributed by atoms with Crippen LogP contribution in [0.1, 0.15) is 15.9 Å². The molecule has 0 spiro atoms. The van der Waals surface area contributed by atoms with Crippen LogP contribution in [0.2, 0.25) is 0 Å². The molecule has 0 fully saturated rings. The molecule has 3 rings (SSSR count). The number of hydrogen-bond donors (Lipinski definition) is 2. The van der Waals surface area contributed by atoms with Crippen molar-refractivity contribution in [3.63, 3.8) is 0 Å². The first kappa shape index (κ1) is 14.1. The van der Waals surface area contributed by atoms with Crippen LogP contribution in [-0.2, 0) is 6.42 Å². The molecule has 22 heavy (non-hydrogen) atoms. The van der Waals surface area contributed by atoms with E-state index in [-0.39, 0.29) is 11.5 Å². The van der Waals surface area contributed by atoms with Gasteiger partial charge in [0.15, 0.2) is 0 Å². The van der Waals surface area contributed by atoms with Gasteiger partial charge in [0.25, 0.3) is 5.91 Å². The smallest absolute Gasteiger partial charge is 0.251 e. The second kappa shape index (κ2) is 6.26. The number of pyridine rings is 1. The highest BCUT2D eigenvalue weighted by molar-refractivity contribution is 5.94. The molecule has 0 saturated heterocycles. The maximum absolute atomic E-state index is 12.0. The first-order chi connectivity index (χ1) is 10.7. The summed E-state index contributed by atoms with van der Waals surface area (Å²) < 4.78 is 0. The van der Waals surface area contributed by atoms with Crippen LogP contribution in [0.4, 0.5) is 0 Å². The van der Waals surface area contributed by atoms with Gasteiger partial charge in [-0.2, -0.15) is 0 Å². The fraction of sp³-hybridized carbons (Fsp3) is 0.111. The Kier molecular flexibility index (Phi) is 4.01. The van der Waals surface area contributed by atoms with Crippen molar-refractivity contribution in [2.45, 2.75) is 6.42 Å². The van der Waals surface area contributed by atoms with E-state index in [2.05, 4.69) is 10.3 Å².